The predicted molar refractivity (Wildman–Crippen MR) is 77.5 cm³/mol. The van der Waals surface area contributed by atoms with Gasteiger partial charge in [-0.1, -0.05) is 22.4 Å². The van der Waals surface area contributed by atoms with E-state index in [2.05, 4.69) is 20.8 Å². The van der Waals surface area contributed by atoms with E-state index in [0.29, 0.717) is 18.5 Å². The van der Waals surface area contributed by atoms with E-state index in [1.807, 2.05) is 6.07 Å². The molecule has 1 aromatic rings. The van der Waals surface area contributed by atoms with Gasteiger partial charge in [0, 0.05) is 28.5 Å². The SMILES string of the molecule is Fc1ccc(Br)cc1CN(CCCCl)C1CCC1. The van der Waals surface area contributed by atoms with Gasteiger partial charge in [0.2, 0.25) is 0 Å². The molecule has 0 unspecified atom stereocenters. The molecule has 100 valence electrons. The fourth-order valence-corrected chi connectivity index (χ4v) is 2.82. The van der Waals surface area contributed by atoms with Crippen molar-refractivity contribution in [3.63, 3.8) is 0 Å². The van der Waals surface area contributed by atoms with Crippen molar-refractivity contribution in [1.82, 2.24) is 4.90 Å². The average molecular weight is 335 g/mol. The molecule has 0 aromatic heterocycles. The van der Waals surface area contributed by atoms with E-state index >= 15 is 0 Å². The van der Waals surface area contributed by atoms with Crippen LogP contribution in [0.4, 0.5) is 4.39 Å². The Labute approximate surface area is 121 Å². The quantitative estimate of drug-likeness (QED) is 0.689. The molecule has 4 heteroatoms. The van der Waals surface area contributed by atoms with E-state index in [1.54, 1.807) is 6.07 Å². The van der Waals surface area contributed by atoms with Gasteiger partial charge in [0.05, 0.1) is 0 Å². The van der Waals surface area contributed by atoms with Crippen LogP contribution in [0.25, 0.3) is 0 Å². The third-order valence-corrected chi connectivity index (χ3v) is 4.31. The van der Waals surface area contributed by atoms with Gasteiger partial charge in [0.1, 0.15) is 5.82 Å². The lowest BCUT2D eigenvalue weighted by Gasteiger charge is -2.37. The molecular weight excluding hydrogens is 317 g/mol. The van der Waals surface area contributed by atoms with Crippen LogP contribution in [0.15, 0.2) is 22.7 Å². The lowest BCUT2D eigenvalue weighted by atomic mass is 9.91. The Bertz CT molecular complexity index is 395. The molecule has 18 heavy (non-hydrogen) atoms. The molecule has 1 fully saturated rings. The van der Waals surface area contributed by atoms with Gasteiger partial charge in [0.15, 0.2) is 0 Å². The second kappa shape index (κ2) is 6.88. The van der Waals surface area contributed by atoms with Gasteiger partial charge in [-0.05, 0) is 44.0 Å². The van der Waals surface area contributed by atoms with E-state index in [9.17, 15) is 4.39 Å². The number of halogens is 3. The van der Waals surface area contributed by atoms with Crippen molar-refractivity contribution < 1.29 is 4.39 Å². The number of alkyl halides is 1. The van der Waals surface area contributed by atoms with Gasteiger partial charge in [-0.25, -0.2) is 4.39 Å². The molecule has 0 amide bonds. The second-order valence-corrected chi connectivity index (χ2v) is 6.13. The topological polar surface area (TPSA) is 3.24 Å². The number of rotatable bonds is 6. The summed E-state index contributed by atoms with van der Waals surface area (Å²) in [7, 11) is 0. The van der Waals surface area contributed by atoms with Crippen molar-refractivity contribution in [2.75, 3.05) is 12.4 Å². The monoisotopic (exact) mass is 333 g/mol. The van der Waals surface area contributed by atoms with E-state index in [4.69, 9.17) is 11.6 Å². The molecule has 2 rings (SSSR count). The minimum Gasteiger partial charge on any atom is -0.296 e. The van der Waals surface area contributed by atoms with Crippen molar-refractivity contribution in [1.29, 1.82) is 0 Å². The van der Waals surface area contributed by atoms with Gasteiger partial charge in [0.25, 0.3) is 0 Å². The molecule has 1 aliphatic carbocycles. The first-order chi connectivity index (χ1) is 8.70. The predicted octanol–water partition coefficient (Wildman–Crippen LogP) is 4.57. The van der Waals surface area contributed by atoms with Crippen LogP contribution in [0.3, 0.4) is 0 Å². The summed E-state index contributed by atoms with van der Waals surface area (Å²) in [6.45, 7) is 1.65. The highest BCUT2D eigenvalue weighted by Gasteiger charge is 2.25. The number of hydrogen-bond acceptors (Lipinski definition) is 1. The maximum absolute atomic E-state index is 13.8. The molecule has 1 aliphatic rings. The van der Waals surface area contributed by atoms with Crippen molar-refractivity contribution in [3.8, 4) is 0 Å². The van der Waals surface area contributed by atoms with Crippen LogP contribution in [0.5, 0.6) is 0 Å². The van der Waals surface area contributed by atoms with E-state index < -0.39 is 0 Å². The minimum atomic E-state index is -0.117. The molecule has 0 N–H and O–H groups in total. The Kier molecular flexibility index (Phi) is 5.46. The largest absolute Gasteiger partial charge is 0.296 e. The zero-order valence-electron chi connectivity index (χ0n) is 10.3. The maximum atomic E-state index is 13.8. The summed E-state index contributed by atoms with van der Waals surface area (Å²) in [4.78, 5) is 2.37. The van der Waals surface area contributed by atoms with Gasteiger partial charge in [-0.2, -0.15) is 0 Å². The highest BCUT2D eigenvalue weighted by molar-refractivity contribution is 9.10. The van der Waals surface area contributed by atoms with Crippen LogP contribution < -0.4 is 0 Å². The van der Waals surface area contributed by atoms with Crippen molar-refractivity contribution in [2.45, 2.75) is 38.3 Å². The number of benzene rings is 1. The first-order valence-corrected chi connectivity index (χ1v) is 7.77. The second-order valence-electron chi connectivity index (χ2n) is 4.83. The molecule has 0 radical (unpaired) electrons. The molecule has 0 aliphatic heterocycles. The third-order valence-electron chi connectivity index (χ3n) is 3.55. The molecule has 1 saturated carbocycles. The summed E-state index contributed by atoms with van der Waals surface area (Å²) in [6, 6.07) is 5.76. The number of nitrogens with zero attached hydrogens (tertiary/aromatic N) is 1. The molecule has 0 atom stereocenters. The highest BCUT2D eigenvalue weighted by Crippen LogP contribution is 2.27. The molecule has 0 bridgehead atoms. The van der Waals surface area contributed by atoms with Crippen molar-refractivity contribution in [2.24, 2.45) is 0 Å². The van der Waals surface area contributed by atoms with Crippen LogP contribution in [-0.4, -0.2) is 23.4 Å². The average Bonchev–Trinajstić information content (AvgIpc) is 2.28. The van der Waals surface area contributed by atoms with Gasteiger partial charge in [-0.3, -0.25) is 4.90 Å². The Morgan fingerprint density at radius 1 is 1.39 bits per heavy atom. The summed E-state index contributed by atoms with van der Waals surface area (Å²) >= 11 is 9.16. The van der Waals surface area contributed by atoms with Gasteiger partial charge >= 0.3 is 0 Å². The van der Waals surface area contributed by atoms with E-state index in [1.165, 1.54) is 25.3 Å². The summed E-state index contributed by atoms with van der Waals surface area (Å²) < 4.78 is 14.7. The summed E-state index contributed by atoms with van der Waals surface area (Å²) in [5.74, 6) is 0.554. The lowest BCUT2D eigenvalue weighted by molar-refractivity contribution is 0.118. The minimum absolute atomic E-state index is 0.117. The fraction of sp³-hybridized carbons (Fsp3) is 0.571. The maximum Gasteiger partial charge on any atom is 0.127 e. The van der Waals surface area contributed by atoms with Crippen LogP contribution in [0.1, 0.15) is 31.2 Å². The zero-order valence-corrected chi connectivity index (χ0v) is 12.7. The Balaban J connectivity index is 2.04. The molecule has 1 nitrogen and oxygen atoms in total. The molecule has 1 aromatic carbocycles. The standard InChI is InChI=1S/C14H18BrClFN/c15-12-5-6-14(17)11(9-12)10-18(8-2-7-16)13-3-1-4-13/h5-6,9,13H,1-4,7-8,10H2. The van der Waals surface area contributed by atoms with Crippen molar-refractivity contribution >= 4 is 27.5 Å². The smallest absolute Gasteiger partial charge is 0.127 e. The van der Waals surface area contributed by atoms with E-state index in [-0.39, 0.29) is 5.82 Å². The molecule has 0 heterocycles. The van der Waals surface area contributed by atoms with E-state index in [0.717, 1.165) is 23.0 Å². The first-order valence-electron chi connectivity index (χ1n) is 6.44. The van der Waals surface area contributed by atoms with Crippen LogP contribution in [0.2, 0.25) is 0 Å². The fourth-order valence-electron chi connectivity index (χ4n) is 2.29. The third kappa shape index (κ3) is 3.69. The summed E-state index contributed by atoms with van der Waals surface area (Å²) in [6.07, 6.45) is 4.73. The Hall–Kier alpha value is -0.120. The van der Waals surface area contributed by atoms with Crippen LogP contribution >= 0.6 is 27.5 Å². The number of hydrogen-bond donors (Lipinski definition) is 0. The molecule has 0 spiro atoms. The summed E-state index contributed by atoms with van der Waals surface area (Å²) in [5.41, 5.74) is 0.769. The molecular formula is C14H18BrClFN. The molecule has 0 saturated heterocycles. The van der Waals surface area contributed by atoms with Crippen molar-refractivity contribution in [3.05, 3.63) is 34.1 Å². The first kappa shape index (κ1) is 14.3. The Morgan fingerprint density at radius 3 is 2.78 bits per heavy atom. The van der Waals surface area contributed by atoms with Crippen LogP contribution in [0, 0.1) is 5.82 Å². The van der Waals surface area contributed by atoms with Gasteiger partial charge < -0.3 is 0 Å². The lowest BCUT2D eigenvalue weighted by Crippen LogP contribution is -2.40. The van der Waals surface area contributed by atoms with Gasteiger partial charge in [-0.15, -0.1) is 11.6 Å². The highest BCUT2D eigenvalue weighted by atomic mass is 79.9. The van der Waals surface area contributed by atoms with Crippen LogP contribution in [-0.2, 0) is 6.54 Å². The Morgan fingerprint density at radius 2 is 2.17 bits per heavy atom. The zero-order chi connectivity index (χ0) is 13.0. The summed E-state index contributed by atoms with van der Waals surface area (Å²) in [5, 5.41) is 0. The normalized spacial score (nSPS) is 16.0.